The van der Waals surface area contributed by atoms with E-state index in [1.54, 1.807) is 31.3 Å². The van der Waals surface area contributed by atoms with Gasteiger partial charge in [0.05, 0.1) is 10.6 Å². The van der Waals surface area contributed by atoms with E-state index in [9.17, 15) is 4.79 Å². The first-order valence-corrected chi connectivity index (χ1v) is 9.51. The molecule has 1 amide bonds. The van der Waals surface area contributed by atoms with E-state index in [1.807, 2.05) is 6.07 Å². The van der Waals surface area contributed by atoms with Crippen LogP contribution in [0.3, 0.4) is 0 Å². The summed E-state index contributed by atoms with van der Waals surface area (Å²) < 4.78 is 0. The van der Waals surface area contributed by atoms with Gasteiger partial charge in [0.1, 0.15) is 0 Å². The minimum Gasteiger partial charge on any atom is -0.355 e. The molecule has 2 rings (SSSR count). The Balaban J connectivity index is 1.67. The van der Waals surface area contributed by atoms with Crippen LogP contribution in [0.15, 0.2) is 59.6 Å². The number of carbonyl (C=O) groups is 1. The van der Waals surface area contributed by atoms with Crippen molar-refractivity contribution in [3.8, 4) is 0 Å². The van der Waals surface area contributed by atoms with Crippen LogP contribution in [0.25, 0.3) is 0 Å². The number of nitrogens with one attached hydrogen (secondary N) is 3. The Morgan fingerprint density at radius 1 is 1.04 bits per heavy atom. The highest BCUT2D eigenvalue weighted by molar-refractivity contribution is 6.33. The summed E-state index contributed by atoms with van der Waals surface area (Å²) in [7, 11) is 1.74. The maximum absolute atomic E-state index is 12.1. The van der Waals surface area contributed by atoms with Crippen LogP contribution >= 0.6 is 11.6 Å². The van der Waals surface area contributed by atoms with Crippen LogP contribution in [0.5, 0.6) is 0 Å². The van der Waals surface area contributed by atoms with Crippen molar-refractivity contribution in [2.75, 3.05) is 20.1 Å². The summed E-state index contributed by atoms with van der Waals surface area (Å²) in [5.74, 6) is 0.545. The first-order valence-electron chi connectivity index (χ1n) is 9.14. The van der Waals surface area contributed by atoms with Crippen molar-refractivity contribution in [2.45, 2.75) is 25.8 Å². The SMILES string of the molecule is CN=C(NCCNC(=O)c1ccccc1Cl)NC(C)CCc1ccccc1. The molecule has 1 unspecified atom stereocenters. The van der Waals surface area contributed by atoms with Crippen molar-refractivity contribution in [1.82, 2.24) is 16.0 Å². The zero-order valence-corrected chi connectivity index (χ0v) is 16.6. The number of carbonyl (C=O) groups excluding carboxylic acids is 1. The Morgan fingerprint density at radius 3 is 2.41 bits per heavy atom. The number of amides is 1. The molecule has 0 heterocycles. The average Bonchev–Trinajstić information content (AvgIpc) is 2.69. The van der Waals surface area contributed by atoms with Crippen LogP contribution in [0.4, 0.5) is 0 Å². The number of nitrogens with zero attached hydrogens (tertiary/aromatic N) is 1. The molecular weight excluding hydrogens is 360 g/mol. The molecule has 0 saturated carbocycles. The third-order valence-electron chi connectivity index (χ3n) is 4.14. The standard InChI is InChI=1S/C21H27ClN4O/c1-16(12-13-17-8-4-3-5-9-17)26-21(23-2)25-15-14-24-20(27)18-10-6-7-11-19(18)22/h3-11,16H,12-15H2,1-2H3,(H,24,27)(H2,23,25,26). The summed E-state index contributed by atoms with van der Waals surface area (Å²) in [6.07, 6.45) is 2.02. The average molecular weight is 387 g/mol. The predicted molar refractivity (Wildman–Crippen MR) is 113 cm³/mol. The highest BCUT2D eigenvalue weighted by Crippen LogP contribution is 2.14. The van der Waals surface area contributed by atoms with E-state index in [0.717, 1.165) is 18.8 Å². The minimum atomic E-state index is -0.179. The molecule has 2 aromatic carbocycles. The summed E-state index contributed by atoms with van der Waals surface area (Å²) in [5, 5.41) is 9.88. The second-order valence-electron chi connectivity index (χ2n) is 6.30. The first-order chi connectivity index (χ1) is 13.1. The maximum atomic E-state index is 12.1. The topological polar surface area (TPSA) is 65.5 Å². The molecule has 0 bridgehead atoms. The van der Waals surface area contributed by atoms with Gasteiger partial charge in [-0.05, 0) is 37.5 Å². The van der Waals surface area contributed by atoms with E-state index < -0.39 is 0 Å². The molecule has 3 N–H and O–H groups in total. The Kier molecular flexibility index (Phi) is 8.65. The number of halogens is 1. The summed E-state index contributed by atoms with van der Waals surface area (Å²) in [6, 6.07) is 17.7. The lowest BCUT2D eigenvalue weighted by Crippen LogP contribution is -2.45. The van der Waals surface area contributed by atoms with Crippen molar-refractivity contribution in [2.24, 2.45) is 4.99 Å². The Labute approximate surface area is 166 Å². The van der Waals surface area contributed by atoms with E-state index in [1.165, 1.54) is 5.56 Å². The number of rotatable bonds is 8. The van der Waals surface area contributed by atoms with Gasteiger partial charge in [0, 0.05) is 26.2 Å². The summed E-state index contributed by atoms with van der Waals surface area (Å²) in [4.78, 5) is 16.3. The predicted octanol–water partition coefficient (Wildman–Crippen LogP) is 3.26. The van der Waals surface area contributed by atoms with E-state index in [-0.39, 0.29) is 11.9 Å². The van der Waals surface area contributed by atoms with E-state index in [0.29, 0.717) is 23.7 Å². The summed E-state index contributed by atoms with van der Waals surface area (Å²) >= 11 is 6.03. The molecule has 6 heteroatoms. The molecule has 0 aliphatic heterocycles. The Bertz CT molecular complexity index is 749. The Morgan fingerprint density at radius 2 is 1.70 bits per heavy atom. The van der Waals surface area contributed by atoms with Gasteiger partial charge in [0.15, 0.2) is 5.96 Å². The van der Waals surface area contributed by atoms with Gasteiger partial charge in [-0.25, -0.2) is 0 Å². The van der Waals surface area contributed by atoms with Crippen molar-refractivity contribution >= 4 is 23.5 Å². The van der Waals surface area contributed by atoms with Crippen LogP contribution in [-0.4, -0.2) is 38.0 Å². The zero-order chi connectivity index (χ0) is 19.5. The molecule has 1 atom stereocenters. The monoisotopic (exact) mass is 386 g/mol. The van der Waals surface area contributed by atoms with E-state index >= 15 is 0 Å². The van der Waals surface area contributed by atoms with Crippen molar-refractivity contribution < 1.29 is 4.79 Å². The molecule has 0 aromatic heterocycles. The maximum Gasteiger partial charge on any atom is 0.252 e. The third-order valence-corrected chi connectivity index (χ3v) is 4.47. The normalized spacial score (nSPS) is 12.3. The van der Waals surface area contributed by atoms with Crippen molar-refractivity contribution in [3.05, 3.63) is 70.7 Å². The quantitative estimate of drug-likeness (QED) is 0.370. The van der Waals surface area contributed by atoms with Gasteiger partial charge in [0.2, 0.25) is 0 Å². The molecule has 144 valence electrons. The lowest BCUT2D eigenvalue weighted by molar-refractivity contribution is 0.0954. The fraction of sp³-hybridized carbons (Fsp3) is 0.333. The fourth-order valence-corrected chi connectivity index (χ4v) is 2.85. The zero-order valence-electron chi connectivity index (χ0n) is 15.8. The van der Waals surface area contributed by atoms with Gasteiger partial charge < -0.3 is 16.0 Å². The molecule has 0 aliphatic rings. The fourth-order valence-electron chi connectivity index (χ4n) is 2.63. The van der Waals surface area contributed by atoms with Gasteiger partial charge in [-0.3, -0.25) is 9.79 Å². The molecule has 0 fully saturated rings. The van der Waals surface area contributed by atoms with E-state index in [2.05, 4.69) is 52.1 Å². The van der Waals surface area contributed by atoms with Gasteiger partial charge in [0.25, 0.3) is 5.91 Å². The van der Waals surface area contributed by atoms with Gasteiger partial charge >= 0.3 is 0 Å². The van der Waals surface area contributed by atoms with Crippen LogP contribution < -0.4 is 16.0 Å². The van der Waals surface area contributed by atoms with Crippen molar-refractivity contribution in [1.29, 1.82) is 0 Å². The third kappa shape index (κ3) is 7.31. The molecule has 2 aromatic rings. The van der Waals surface area contributed by atoms with Crippen LogP contribution in [0.1, 0.15) is 29.3 Å². The summed E-state index contributed by atoms with van der Waals surface area (Å²) in [6.45, 7) is 3.18. The van der Waals surface area contributed by atoms with Crippen LogP contribution in [0.2, 0.25) is 5.02 Å². The largest absolute Gasteiger partial charge is 0.355 e. The molecule has 0 spiro atoms. The minimum absolute atomic E-state index is 0.179. The molecule has 27 heavy (non-hydrogen) atoms. The van der Waals surface area contributed by atoms with E-state index in [4.69, 9.17) is 11.6 Å². The van der Waals surface area contributed by atoms with Gasteiger partial charge in [-0.15, -0.1) is 0 Å². The second-order valence-corrected chi connectivity index (χ2v) is 6.71. The number of guanidine groups is 1. The number of hydrogen-bond donors (Lipinski definition) is 3. The molecule has 0 radical (unpaired) electrons. The highest BCUT2D eigenvalue weighted by atomic mass is 35.5. The number of hydrogen-bond acceptors (Lipinski definition) is 2. The van der Waals surface area contributed by atoms with Crippen LogP contribution in [-0.2, 0) is 6.42 Å². The van der Waals surface area contributed by atoms with Crippen LogP contribution in [0, 0.1) is 0 Å². The lowest BCUT2D eigenvalue weighted by Gasteiger charge is -2.18. The Hall–Kier alpha value is -2.53. The molecule has 5 nitrogen and oxygen atoms in total. The smallest absolute Gasteiger partial charge is 0.252 e. The van der Waals surface area contributed by atoms with Gasteiger partial charge in [-0.2, -0.15) is 0 Å². The number of aryl methyl sites for hydroxylation is 1. The lowest BCUT2D eigenvalue weighted by atomic mass is 10.1. The number of aliphatic imine (C=N–C) groups is 1. The molecule has 0 aliphatic carbocycles. The highest BCUT2D eigenvalue weighted by Gasteiger charge is 2.09. The second kappa shape index (κ2) is 11.2. The number of benzene rings is 2. The summed E-state index contributed by atoms with van der Waals surface area (Å²) in [5.41, 5.74) is 1.81. The molecule has 0 saturated heterocycles. The first kappa shape index (κ1) is 20.8. The molecular formula is C21H27ClN4O. The van der Waals surface area contributed by atoms with Crippen molar-refractivity contribution in [3.63, 3.8) is 0 Å². The van der Waals surface area contributed by atoms with Gasteiger partial charge in [-0.1, -0.05) is 54.1 Å².